The first-order valence-corrected chi connectivity index (χ1v) is 9.25. The van der Waals surface area contributed by atoms with Crippen LogP contribution in [0.2, 0.25) is 0 Å². The molecule has 0 saturated carbocycles. The minimum absolute atomic E-state index is 0.00847. The van der Waals surface area contributed by atoms with Gasteiger partial charge in [-0.15, -0.1) is 11.3 Å². The van der Waals surface area contributed by atoms with E-state index in [0.29, 0.717) is 5.92 Å². The standard InChI is InChI=1S/C17H22N2OS2/c1-5-11(2)14-6-8-15(9-7-14)19-16(20)13(4)22-17-18-12(3)10-21-17/h6-11,13H,5H2,1-4H3,(H,19,20). The first-order chi connectivity index (χ1) is 10.5. The average molecular weight is 335 g/mol. The fourth-order valence-electron chi connectivity index (χ4n) is 1.97. The van der Waals surface area contributed by atoms with Gasteiger partial charge in [-0.3, -0.25) is 4.79 Å². The fraction of sp³-hybridized carbons (Fsp3) is 0.412. The molecule has 0 bridgehead atoms. The number of aromatic nitrogens is 1. The predicted molar refractivity (Wildman–Crippen MR) is 95.9 cm³/mol. The predicted octanol–water partition coefficient (Wildman–Crippen LogP) is 5.08. The summed E-state index contributed by atoms with van der Waals surface area (Å²) >= 11 is 3.08. The van der Waals surface area contributed by atoms with E-state index in [-0.39, 0.29) is 11.2 Å². The number of hydrogen-bond donors (Lipinski definition) is 1. The Labute approximate surface area is 140 Å². The smallest absolute Gasteiger partial charge is 0.237 e. The topological polar surface area (TPSA) is 42.0 Å². The van der Waals surface area contributed by atoms with Crippen LogP contribution in [0.15, 0.2) is 34.0 Å². The Balaban J connectivity index is 1.93. The number of anilines is 1. The molecule has 2 rings (SSSR count). The SMILES string of the molecule is CCC(C)c1ccc(NC(=O)C(C)Sc2nc(C)cs2)cc1. The number of thioether (sulfide) groups is 1. The summed E-state index contributed by atoms with van der Waals surface area (Å²) in [7, 11) is 0. The molecule has 0 spiro atoms. The van der Waals surface area contributed by atoms with E-state index in [0.717, 1.165) is 22.1 Å². The molecule has 22 heavy (non-hydrogen) atoms. The van der Waals surface area contributed by atoms with Gasteiger partial charge >= 0.3 is 0 Å². The monoisotopic (exact) mass is 334 g/mol. The highest BCUT2D eigenvalue weighted by molar-refractivity contribution is 8.02. The number of benzene rings is 1. The second-order valence-corrected chi connectivity index (χ2v) is 7.88. The lowest BCUT2D eigenvalue weighted by Gasteiger charge is -2.12. The van der Waals surface area contributed by atoms with Gasteiger partial charge in [0.25, 0.3) is 0 Å². The first kappa shape index (κ1) is 17.0. The van der Waals surface area contributed by atoms with Crippen molar-refractivity contribution in [2.24, 2.45) is 0 Å². The lowest BCUT2D eigenvalue weighted by Crippen LogP contribution is -2.22. The van der Waals surface area contributed by atoms with Crippen LogP contribution in [-0.2, 0) is 4.79 Å². The summed E-state index contributed by atoms with van der Waals surface area (Å²) in [5, 5.41) is 4.80. The normalized spacial score (nSPS) is 13.6. The van der Waals surface area contributed by atoms with Crippen molar-refractivity contribution in [3.05, 3.63) is 40.9 Å². The summed E-state index contributed by atoms with van der Waals surface area (Å²) in [5.41, 5.74) is 3.15. The van der Waals surface area contributed by atoms with Crippen LogP contribution in [0, 0.1) is 6.92 Å². The molecule has 1 amide bonds. The maximum Gasteiger partial charge on any atom is 0.237 e. The fourth-order valence-corrected chi connectivity index (χ4v) is 3.95. The highest BCUT2D eigenvalue weighted by Crippen LogP contribution is 2.27. The average Bonchev–Trinajstić information content (AvgIpc) is 2.92. The molecule has 3 nitrogen and oxygen atoms in total. The van der Waals surface area contributed by atoms with Crippen molar-refractivity contribution in [1.29, 1.82) is 0 Å². The molecule has 0 fully saturated rings. The number of nitrogens with one attached hydrogen (secondary N) is 1. The number of carbonyl (C=O) groups is 1. The van der Waals surface area contributed by atoms with Gasteiger partial charge in [0.05, 0.1) is 5.25 Å². The molecule has 2 aromatic rings. The van der Waals surface area contributed by atoms with E-state index in [1.165, 1.54) is 17.3 Å². The van der Waals surface area contributed by atoms with Crippen LogP contribution >= 0.6 is 23.1 Å². The number of rotatable bonds is 6. The molecule has 0 aliphatic heterocycles. The van der Waals surface area contributed by atoms with Crippen molar-refractivity contribution >= 4 is 34.7 Å². The minimum atomic E-state index is -0.167. The quantitative estimate of drug-likeness (QED) is 0.749. The van der Waals surface area contributed by atoms with Gasteiger partial charge < -0.3 is 5.32 Å². The molecule has 0 aliphatic rings. The number of aryl methyl sites for hydroxylation is 1. The van der Waals surface area contributed by atoms with Crippen LogP contribution in [0.25, 0.3) is 0 Å². The summed E-state index contributed by atoms with van der Waals surface area (Å²) in [5.74, 6) is 0.557. The summed E-state index contributed by atoms with van der Waals surface area (Å²) in [6.45, 7) is 8.26. The zero-order valence-electron chi connectivity index (χ0n) is 13.4. The zero-order valence-corrected chi connectivity index (χ0v) is 15.1. The van der Waals surface area contributed by atoms with Crippen LogP contribution in [0.3, 0.4) is 0 Å². The molecule has 1 aromatic heterocycles. The van der Waals surface area contributed by atoms with Gasteiger partial charge in [0.2, 0.25) is 5.91 Å². The van der Waals surface area contributed by atoms with Crippen molar-refractivity contribution in [2.75, 3.05) is 5.32 Å². The zero-order chi connectivity index (χ0) is 16.1. The van der Waals surface area contributed by atoms with Crippen LogP contribution < -0.4 is 5.32 Å². The molecular formula is C17H22N2OS2. The van der Waals surface area contributed by atoms with E-state index in [9.17, 15) is 4.79 Å². The number of carbonyl (C=O) groups excluding carboxylic acids is 1. The third-order valence-electron chi connectivity index (χ3n) is 3.60. The Hall–Kier alpha value is -1.33. The number of amides is 1. The van der Waals surface area contributed by atoms with E-state index in [1.54, 1.807) is 11.3 Å². The molecule has 1 aromatic carbocycles. The Morgan fingerprint density at radius 3 is 2.55 bits per heavy atom. The second kappa shape index (κ2) is 7.79. The maximum absolute atomic E-state index is 12.2. The largest absolute Gasteiger partial charge is 0.325 e. The Morgan fingerprint density at radius 1 is 1.32 bits per heavy atom. The van der Waals surface area contributed by atoms with Crippen molar-refractivity contribution in [2.45, 2.75) is 49.6 Å². The molecule has 1 N–H and O–H groups in total. The molecule has 0 aliphatic carbocycles. The summed E-state index contributed by atoms with van der Waals surface area (Å²) < 4.78 is 0.937. The molecular weight excluding hydrogens is 312 g/mol. The lowest BCUT2D eigenvalue weighted by molar-refractivity contribution is -0.115. The van der Waals surface area contributed by atoms with Gasteiger partial charge in [-0.05, 0) is 43.9 Å². The van der Waals surface area contributed by atoms with E-state index < -0.39 is 0 Å². The second-order valence-electron chi connectivity index (χ2n) is 5.44. The molecule has 0 saturated heterocycles. The van der Waals surface area contributed by atoms with Crippen LogP contribution in [0.5, 0.6) is 0 Å². The molecule has 2 unspecified atom stereocenters. The Kier molecular flexibility index (Phi) is 6.03. The summed E-state index contributed by atoms with van der Waals surface area (Å²) in [6, 6.07) is 8.13. The number of nitrogens with zero attached hydrogens (tertiary/aromatic N) is 1. The Morgan fingerprint density at radius 2 is 2.00 bits per heavy atom. The molecule has 2 atom stereocenters. The minimum Gasteiger partial charge on any atom is -0.325 e. The van der Waals surface area contributed by atoms with E-state index >= 15 is 0 Å². The van der Waals surface area contributed by atoms with E-state index in [4.69, 9.17) is 0 Å². The van der Waals surface area contributed by atoms with Gasteiger partial charge in [0.15, 0.2) is 4.34 Å². The van der Waals surface area contributed by atoms with Crippen molar-refractivity contribution in [1.82, 2.24) is 4.98 Å². The third kappa shape index (κ3) is 4.58. The third-order valence-corrected chi connectivity index (χ3v) is 5.79. The molecule has 5 heteroatoms. The van der Waals surface area contributed by atoms with Crippen LogP contribution in [-0.4, -0.2) is 16.1 Å². The van der Waals surface area contributed by atoms with Gasteiger partial charge in [0.1, 0.15) is 0 Å². The Bertz CT molecular complexity index is 622. The number of hydrogen-bond acceptors (Lipinski definition) is 4. The van der Waals surface area contributed by atoms with Crippen LogP contribution in [0.4, 0.5) is 5.69 Å². The van der Waals surface area contributed by atoms with Gasteiger partial charge in [-0.25, -0.2) is 4.98 Å². The van der Waals surface area contributed by atoms with Gasteiger partial charge in [0, 0.05) is 16.8 Å². The van der Waals surface area contributed by atoms with Crippen LogP contribution in [0.1, 0.15) is 44.4 Å². The van der Waals surface area contributed by atoms with Crippen molar-refractivity contribution in [3.63, 3.8) is 0 Å². The highest BCUT2D eigenvalue weighted by Gasteiger charge is 2.16. The van der Waals surface area contributed by atoms with Crippen molar-refractivity contribution < 1.29 is 4.79 Å². The maximum atomic E-state index is 12.2. The molecule has 1 heterocycles. The van der Waals surface area contributed by atoms with Gasteiger partial charge in [-0.2, -0.15) is 0 Å². The lowest BCUT2D eigenvalue weighted by atomic mass is 9.99. The summed E-state index contributed by atoms with van der Waals surface area (Å²) in [6.07, 6.45) is 1.12. The molecule has 0 radical (unpaired) electrons. The van der Waals surface area contributed by atoms with E-state index in [1.807, 2.05) is 31.4 Å². The number of thiazole rings is 1. The summed E-state index contributed by atoms with van der Waals surface area (Å²) in [4.78, 5) is 16.6. The molecule has 118 valence electrons. The van der Waals surface area contributed by atoms with E-state index in [2.05, 4.69) is 36.3 Å². The van der Waals surface area contributed by atoms with Crippen molar-refractivity contribution in [3.8, 4) is 0 Å². The highest BCUT2D eigenvalue weighted by atomic mass is 32.2. The van der Waals surface area contributed by atoms with Gasteiger partial charge in [-0.1, -0.05) is 37.7 Å². The first-order valence-electron chi connectivity index (χ1n) is 7.49.